The molecule has 4 nitrogen and oxygen atoms in total. The van der Waals surface area contributed by atoms with Crippen LogP contribution in [0.2, 0.25) is 0 Å². The Morgan fingerprint density at radius 1 is 1.04 bits per heavy atom. The standard InChI is InChI=1S/C19H17N3O/c23-19(22-12-8-15-6-4-9-20-18(15)14-22)16-5-3-7-17(13-16)21-10-1-2-11-21/h1-7,9-11,13H,8,12,14H2. The summed E-state index contributed by atoms with van der Waals surface area (Å²) >= 11 is 0. The van der Waals surface area contributed by atoms with Crippen LogP contribution in [0.25, 0.3) is 5.69 Å². The minimum Gasteiger partial charge on any atom is -0.332 e. The number of amides is 1. The Morgan fingerprint density at radius 3 is 2.78 bits per heavy atom. The van der Waals surface area contributed by atoms with Crippen molar-refractivity contribution < 1.29 is 4.79 Å². The van der Waals surface area contributed by atoms with Crippen LogP contribution in [0.5, 0.6) is 0 Å². The van der Waals surface area contributed by atoms with Crippen molar-refractivity contribution in [2.75, 3.05) is 6.54 Å². The molecule has 0 fully saturated rings. The van der Waals surface area contributed by atoms with Crippen molar-refractivity contribution >= 4 is 5.91 Å². The van der Waals surface area contributed by atoms with Crippen LogP contribution in [-0.2, 0) is 13.0 Å². The molecular formula is C19H17N3O. The number of pyridine rings is 1. The van der Waals surface area contributed by atoms with E-state index in [1.165, 1.54) is 5.56 Å². The van der Waals surface area contributed by atoms with E-state index in [-0.39, 0.29) is 5.91 Å². The largest absolute Gasteiger partial charge is 0.332 e. The maximum absolute atomic E-state index is 12.8. The van der Waals surface area contributed by atoms with Gasteiger partial charge in [0.25, 0.3) is 5.91 Å². The normalized spacial score (nSPS) is 13.7. The summed E-state index contributed by atoms with van der Waals surface area (Å²) in [7, 11) is 0. The minimum atomic E-state index is 0.0651. The van der Waals surface area contributed by atoms with Crippen LogP contribution < -0.4 is 0 Å². The molecule has 0 bridgehead atoms. The lowest BCUT2D eigenvalue weighted by molar-refractivity contribution is 0.0732. The highest BCUT2D eigenvalue weighted by Gasteiger charge is 2.22. The summed E-state index contributed by atoms with van der Waals surface area (Å²) in [5.41, 5.74) is 3.97. The van der Waals surface area contributed by atoms with Crippen molar-refractivity contribution in [1.82, 2.24) is 14.5 Å². The molecule has 2 aromatic heterocycles. The molecule has 4 heteroatoms. The lowest BCUT2D eigenvalue weighted by Crippen LogP contribution is -2.36. The summed E-state index contributed by atoms with van der Waals surface area (Å²) in [5, 5.41) is 0. The summed E-state index contributed by atoms with van der Waals surface area (Å²) < 4.78 is 2.00. The van der Waals surface area contributed by atoms with Gasteiger partial charge in [0, 0.05) is 36.4 Å². The molecule has 1 aromatic carbocycles. The van der Waals surface area contributed by atoms with Crippen molar-refractivity contribution in [3.05, 3.63) is 83.9 Å². The van der Waals surface area contributed by atoms with Gasteiger partial charge in [0.05, 0.1) is 12.2 Å². The van der Waals surface area contributed by atoms with Gasteiger partial charge in [0.15, 0.2) is 0 Å². The molecule has 0 saturated carbocycles. The lowest BCUT2D eigenvalue weighted by atomic mass is 10.0. The van der Waals surface area contributed by atoms with Gasteiger partial charge >= 0.3 is 0 Å². The molecule has 0 aliphatic carbocycles. The number of benzene rings is 1. The second-order valence-corrected chi connectivity index (χ2v) is 5.73. The molecule has 1 aliphatic heterocycles. The molecule has 0 N–H and O–H groups in total. The van der Waals surface area contributed by atoms with Crippen molar-refractivity contribution in [2.24, 2.45) is 0 Å². The second-order valence-electron chi connectivity index (χ2n) is 5.73. The number of hydrogen-bond acceptors (Lipinski definition) is 2. The SMILES string of the molecule is O=C(c1cccc(-n2cccc2)c1)N1CCc2cccnc2C1. The topological polar surface area (TPSA) is 38.1 Å². The lowest BCUT2D eigenvalue weighted by Gasteiger charge is -2.28. The zero-order chi connectivity index (χ0) is 15.6. The van der Waals surface area contributed by atoms with E-state index < -0.39 is 0 Å². The third kappa shape index (κ3) is 2.63. The number of carbonyl (C=O) groups excluding carboxylic acids is 1. The van der Waals surface area contributed by atoms with Crippen LogP contribution in [0.3, 0.4) is 0 Å². The number of rotatable bonds is 2. The smallest absolute Gasteiger partial charge is 0.254 e. The van der Waals surface area contributed by atoms with Crippen molar-refractivity contribution in [1.29, 1.82) is 0 Å². The fourth-order valence-electron chi connectivity index (χ4n) is 3.02. The van der Waals surface area contributed by atoms with Crippen molar-refractivity contribution in [2.45, 2.75) is 13.0 Å². The fourth-order valence-corrected chi connectivity index (χ4v) is 3.02. The Balaban J connectivity index is 1.59. The molecule has 0 saturated heterocycles. The monoisotopic (exact) mass is 303 g/mol. The number of nitrogens with zero attached hydrogens (tertiary/aromatic N) is 3. The first-order valence-electron chi connectivity index (χ1n) is 7.77. The molecule has 3 aromatic rings. The van der Waals surface area contributed by atoms with Gasteiger partial charge in [0.2, 0.25) is 0 Å². The van der Waals surface area contributed by atoms with E-state index in [0.717, 1.165) is 29.9 Å². The van der Waals surface area contributed by atoms with Gasteiger partial charge in [-0.15, -0.1) is 0 Å². The Kier molecular flexibility index (Phi) is 3.42. The van der Waals surface area contributed by atoms with E-state index in [9.17, 15) is 4.79 Å². The van der Waals surface area contributed by atoms with E-state index >= 15 is 0 Å². The Hall–Kier alpha value is -2.88. The maximum atomic E-state index is 12.8. The third-order valence-corrected chi connectivity index (χ3v) is 4.26. The number of aromatic nitrogens is 2. The molecule has 1 amide bonds. The third-order valence-electron chi connectivity index (χ3n) is 4.26. The van der Waals surface area contributed by atoms with Gasteiger partial charge in [-0.25, -0.2) is 0 Å². The zero-order valence-corrected chi connectivity index (χ0v) is 12.7. The number of hydrogen-bond donors (Lipinski definition) is 0. The van der Waals surface area contributed by atoms with Crippen LogP contribution in [0, 0.1) is 0 Å². The molecule has 0 atom stereocenters. The molecule has 114 valence electrons. The predicted molar refractivity (Wildman–Crippen MR) is 88.5 cm³/mol. The van der Waals surface area contributed by atoms with Crippen LogP contribution in [0.15, 0.2) is 67.1 Å². The fraction of sp³-hybridized carbons (Fsp3) is 0.158. The molecular weight excluding hydrogens is 286 g/mol. The van der Waals surface area contributed by atoms with E-state index in [1.807, 2.05) is 64.3 Å². The molecule has 3 heterocycles. The molecule has 1 aliphatic rings. The van der Waals surface area contributed by atoms with E-state index in [1.54, 1.807) is 6.20 Å². The molecule has 0 unspecified atom stereocenters. The molecule has 23 heavy (non-hydrogen) atoms. The first-order chi connectivity index (χ1) is 11.3. The first-order valence-corrected chi connectivity index (χ1v) is 7.77. The van der Waals surface area contributed by atoms with Gasteiger partial charge in [-0.1, -0.05) is 12.1 Å². The van der Waals surface area contributed by atoms with Gasteiger partial charge in [-0.05, 0) is 48.4 Å². The molecule has 4 rings (SSSR count). The highest BCUT2D eigenvalue weighted by atomic mass is 16.2. The number of fused-ring (bicyclic) bond motifs is 1. The van der Waals surface area contributed by atoms with Gasteiger partial charge in [-0.3, -0.25) is 9.78 Å². The van der Waals surface area contributed by atoms with E-state index in [0.29, 0.717) is 6.54 Å². The Morgan fingerprint density at radius 2 is 1.91 bits per heavy atom. The van der Waals surface area contributed by atoms with Gasteiger partial charge in [-0.2, -0.15) is 0 Å². The van der Waals surface area contributed by atoms with Crippen LogP contribution >= 0.6 is 0 Å². The summed E-state index contributed by atoms with van der Waals surface area (Å²) in [4.78, 5) is 19.1. The molecule has 0 radical (unpaired) electrons. The summed E-state index contributed by atoms with van der Waals surface area (Å²) in [6.07, 6.45) is 6.61. The summed E-state index contributed by atoms with van der Waals surface area (Å²) in [6, 6.07) is 15.7. The molecule has 0 spiro atoms. The van der Waals surface area contributed by atoms with Gasteiger partial charge in [0.1, 0.15) is 0 Å². The van der Waals surface area contributed by atoms with E-state index in [4.69, 9.17) is 0 Å². The van der Waals surface area contributed by atoms with Crippen LogP contribution in [0.1, 0.15) is 21.6 Å². The first kappa shape index (κ1) is 13.8. The van der Waals surface area contributed by atoms with Crippen LogP contribution in [0.4, 0.5) is 0 Å². The second kappa shape index (κ2) is 5.72. The number of carbonyl (C=O) groups is 1. The summed E-state index contributed by atoms with van der Waals surface area (Å²) in [5.74, 6) is 0.0651. The van der Waals surface area contributed by atoms with Crippen molar-refractivity contribution in [3.8, 4) is 5.69 Å². The maximum Gasteiger partial charge on any atom is 0.254 e. The zero-order valence-electron chi connectivity index (χ0n) is 12.7. The Labute approximate surface area is 135 Å². The van der Waals surface area contributed by atoms with Crippen LogP contribution in [-0.4, -0.2) is 26.9 Å². The van der Waals surface area contributed by atoms with E-state index in [2.05, 4.69) is 11.1 Å². The Bertz CT molecular complexity index is 839. The average Bonchev–Trinajstić information content (AvgIpc) is 3.15. The quantitative estimate of drug-likeness (QED) is 0.730. The van der Waals surface area contributed by atoms with Crippen molar-refractivity contribution in [3.63, 3.8) is 0 Å². The highest BCUT2D eigenvalue weighted by molar-refractivity contribution is 5.94. The minimum absolute atomic E-state index is 0.0651. The predicted octanol–water partition coefficient (Wildman–Crippen LogP) is 3.07. The summed E-state index contributed by atoms with van der Waals surface area (Å²) in [6.45, 7) is 1.33. The average molecular weight is 303 g/mol. The van der Waals surface area contributed by atoms with Gasteiger partial charge < -0.3 is 9.47 Å². The highest BCUT2D eigenvalue weighted by Crippen LogP contribution is 2.19.